The fourth-order valence-electron chi connectivity index (χ4n) is 2.44. The van der Waals surface area contributed by atoms with Gasteiger partial charge in [-0.15, -0.1) is 0 Å². The quantitative estimate of drug-likeness (QED) is 0.407. The maximum absolute atomic E-state index is 6.09. The molecule has 5 heteroatoms. The van der Waals surface area contributed by atoms with Gasteiger partial charge in [0.25, 0.3) is 0 Å². The Morgan fingerprint density at radius 1 is 1.12 bits per heavy atom. The molecule has 5 nitrogen and oxygen atoms in total. The molecule has 0 aliphatic heterocycles. The van der Waals surface area contributed by atoms with Gasteiger partial charge in [0, 0.05) is 26.5 Å². The molecule has 0 N–H and O–H groups in total. The van der Waals surface area contributed by atoms with Crippen molar-refractivity contribution in [2.45, 2.75) is 13.5 Å². The average molecular weight is 334 g/mol. The lowest BCUT2D eigenvalue weighted by Gasteiger charge is -2.16. The first-order chi connectivity index (χ1) is 12.1. The average Bonchev–Trinajstić information content (AvgIpc) is 3.14. The Kier molecular flexibility index (Phi) is 5.14. The summed E-state index contributed by atoms with van der Waals surface area (Å²) in [6, 6.07) is 16.3. The van der Waals surface area contributed by atoms with E-state index in [9.17, 15) is 0 Å². The van der Waals surface area contributed by atoms with E-state index in [4.69, 9.17) is 4.74 Å². The lowest BCUT2D eigenvalue weighted by molar-refractivity contribution is 0.305. The first kappa shape index (κ1) is 16.8. The zero-order valence-corrected chi connectivity index (χ0v) is 14.8. The van der Waals surface area contributed by atoms with Gasteiger partial charge in [-0.3, -0.25) is 4.57 Å². The van der Waals surface area contributed by atoms with Crippen LogP contribution in [-0.2, 0) is 6.61 Å². The highest BCUT2D eigenvalue weighted by molar-refractivity contribution is 6.02. The van der Waals surface area contributed by atoms with Crippen LogP contribution in [-0.4, -0.2) is 34.5 Å². The van der Waals surface area contributed by atoms with Crippen LogP contribution in [0.3, 0.4) is 0 Å². The van der Waals surface area contributed by atoms with E-state index in [0.717, 1.165) is 22.7 Å². The third-order valence-electron chi connectivity index (χ3n) is 3.69. The van der Waals surface area contributed by atoms with Crippen molar-refractivity contribution in [2.24, 2.45) is 5.10 Å². The van der Waals surface area contributed by atoms with E-state index < -0.39 is 0 Å². The molecule has 0 aliphatic rings. The van der Waals surface area contributed by atoms with Crippen LogP contribution in [0.4, 0.5) is 0 Å². The third-order valence-corrected chi connectivity index (χ3v) is 3.69. The summed E-state index contributed by atoms with van der Waals surface area (Å²) in [6.07, 6.45) is 5.35. The monoisotopic (exact) mass is 334 g/mol. The summed E-state index contributed by atoms with van der Waals surface area (Å²) in [6.45, 7) is 2.59. The molecule has 1 aromatic heterocycles. The highest BCUT2D eigenvalue weighted by atomic mass is 16.5. The number of hydrazone groups is 1. The van der Waals surface area contributed by atoms with Gasteiger partial charge in [-0.05, 0) is 24.6 Å². The molecule has 128 valence electrons. The molecule has 25 heavy (non-hydrogen) atoms. The van der Waals surface area contributed by atoms with Crippen LogP contribution in [0.15, 0.2) is 72.4 Å². The van der Waals surface area contributed by atoms with E-state index in [0.29, 0.717) is 6.61 Å². The zero-order valence-electron chi connectivity index (χ0n) is 14.8. The van der Waals surface area contributed by atoms with E-state index in [1.807, 2.05) is 49.1 Å². The van der Waals surface area contributed by atoms with Crippen molar-refractivity contribution in [1.29, 1.82) is 0 Å². The molecular weight excluding hydrogens is 312 g/mol. The number of aromatic nitrogens is 2. The van der Waals surface area contributed by atoms with Crippen LogP contribution in [0.5, 0.6) is 5.75 Å². The third kappa shape index (κ3) is 4.26. The number of aryl methyl sites for hydroxylation is 1. The smallest absolute Gasteiger partial charge is 0.168 e. The summed E-state index contributed by atoms with van der Waals surface area (Å²) in [4.78, 5) is 4.13. The van der Waals surface area contributed by atoms with Crippen molar-refractivity contribution >= 4 is 5.84 Å². The number of hydrogen-bond acceptors (Lipinski definition) is 4. The number of benzene rings is 2. The van der Waals surface area contributed by atoms with Gasteiger partial charge >= 0.3 is 0 Å². The molecule has 0 saturated heterocycles. The van der Waals surface area contributed by atoms with Crippen LogP contribution in [0.2, 0.25) is 0 Å². The molecule has 3 rings (SSSR count). The van der Waals surface area contributed by atoms with Crippen molar-refractivity contribution in [1.82, 2.24) is 14.6 Å². The van der Waals surface area contributed by atoms with Crippen LogP contribution < -0.4 is 4.74 Å². The summed E-state index contributed by atoms with van der Waals surface area (Å²) in [7, 11) is 3.79. The Morgan fingerprint density at radius 2 is 1.88 bits per heavy atom. The molecule has 0 radical (unpaired) electrons. The fourth-order valence-corrected chi connectivity index (χ4v) is 2.44. The molecule has 0 aliphatic carbocycles. The molecule has 0 spiro atoms. The van der Waals surface area contributed by atoms with Crippen molar-refractivity contribution < 1.29 is 4.74 Å². The lowest BCUT2D eigenvalue weighted by Crippen LogP contribution is -2.18. The first-order valence-corrected chi connectivity index (χ1v) is 8.15. The molecule has 3 aromatic rings. The highest BCUT2D eigenvalue weighted by Gasteiger charge is 2.13. The summed E-state index contributed by atoms with van der Waals surface area (Å²) < 4.78 is 7.97. The predicted octanol–water partition coefficient (Wildman–Crippen LogP) is 3.54. The maximum atomic E-state index is 6.09. The number of rotatable bonds is 5. The standard InChI is InChI=1S/C20H22N4O/c1-16-8-10-17(11-9-16)14-25-19-7-5-4-6-18(19)20(22-23(2)3)24-13-12-21-15-24/h4-13,15H,14H2,1-3H3. The Hall–Kier alpha value is -3.08. The molecule has 0 amide bonds. The summed E-state index contributed by atoms with van der Waals surface area (Å²) in [5.74, 6) is 1.55. The predicted molar refractivity (Wildman–Crippen MR) is 99.8 cm³/mol. The van der Waals surface area contributed by atoms with Gasteiger partial charge in [-0.1, -0.05) is 42.0 Å². The minimum absolute atomic E-state index is 0.510. The van der Waals surface area contributed by atoms with E-state index in [1.54, 1.807) is 17.5 Å². The van der Waals surface area contributed by atoms with Crippen molar-refractivity contribution in [3.05, 3.63) is 83.9 Å². The Balaban J connectivity index is 1.90. The minimum Gasteiger partial charge on any atom is -0.488 e. The summed E-state index contributed by atoms with van der Waals surface area (Å²) in [5.41, 5.74) is 3.29. The molecular formula is C20H22N4O. The molecule has 0 fully saturated rings. The van der Waals surface area contributed by atoms with Gasteiger partial charge in [0.05, 0.1) is 5.56 Å². The number of imidazole rings is 1. The number of hydrogen-bond donors (Lipinski definition) is 0. The van der Waals surface area contributed by atoms with Gasteiger partial charge < -0.3 is 9.75 Å². The highest BCUT2D eigenvalue weighted by Crippen LogP contribution is 2.21. The molecule has 2 aromatic carbocycles. The molecule has 0 unspecified atom stereocenters. The fraction of sp³-hybridized carbons (Fsp3) is 0.200. The second-order valence-corrected chi connectivity index (χ2v) is 6.01. The largest absolute Gasteiger partial charge is 0.488 e. The van der Waals surface area contributed by atoms with Crippen LogP contribution in [0, 0.1) is 6.92 Å². The van der Waals surface area contributed by atoms with E-state index in [2.05, 4.69) is 41.3 Å². The molecule has 1 heterocycles. The SMILES string of the molecule is Cc1ccc(COc2ccccc2C(=NN(C)C)n2ccnc2)cc1. The maximum Gasteiger partial charge on any atom is 0.168 e. The number of para-hydroxylation sites is 1. The lowest BCUT2D eigenvalue weighted by atomic mass is 10.1. The van der Waals surface area contributed by atoms with Crippen LogP contribution in [0.1, 0.15) is 16.7 Å². The van der Waals surface area contributed by atoms with E-state index in [-0.39, 0.29) is 0 Å². The zero-order chi connectivity index (χ0) is 17.6. The van der Waals surface area contributed by atoms with Gasteiger partial charge in [0.15, 0.2) is 5.84 Å². The van der Waals surface area contributed by atoms with E-state index in [1.165, 1.54) is 5.56 Å². The van der Waals surface area contributed by atoms with Crippen molar-refractivity contribution in [3.63, 3.8) is 0 Å². The molecule has 0 saturated carbocycles. The van der Waals surface area contributed by atoms with Gasteiger partial charge in [-0.25, -0.2) is 4.98 Å². The topological polar surface area (TPSA) is 42.6 Å². The number of ether oxygens (including phenoxy) is 1. The van der Waals surface area contributed by atoms with Gasteiger partial charge in [-0.2, -0.15) is 5.10 Å². The van der Waals surface area contributed by atoms with Crippen molar-refractivity contribution in [2.75, 3.05) is 14.1 Å². The number of nitrogens with zero attached hydrogens (tertiary/aromatic N) is 4. The normalized spacial score (nSPS) is 11.4. The molecule has 0 bridgehead atoms. The minimum atomic E-state index is 0.510. The van der Waals surface area contributed by atoms with Crippen LogP contribution >= 0.6 is 0 Å². The second-order valence-electron chi connectivity index (χ2n) is 6.01. The summed E-state index contributed by atoms with van der Waals surface area (Å²) >= 11 is 0. The Morgan fingerprint density at radius 3 is 2.56 bits per heavy atom. The Bertz CT molecular complexity index is 836. The second kappa shape index (κ2) is 7.66. The first-order valence-electron chi connectivity index (χ1n) is 8.15. The summed E-state index contributed by atoms with van der Waals surface area (Å²) in [5, 5.41) is 6.38. The molecule has 0 atom stereocenters. The van der Waals surface area contributed by atoms with E-state index >= 15 is 0 Å². The van der Waals surface area contributed by atoms with Gasteiger partial charge in [0.1, 0.15) is 18.7 Å². The Labute approximate surface area is 148 Å². The van der Waals surface area contributed by atoms with Crippen molar-refractivity contribution in [3.8, 4) is 5.75 Å². The van der Waals surface area contributed by atoms with Crippen LogP contribution in [0.25, 0.3) is 0 Å². The van der Waals surface area contributed by atoms with Gasteiger partial charge in [0.2, 0.25) is 0 Å².